The highest BCUT2D eigenvalue weighted by molar-refractivity contribution is 6.58. The highest BCUT2D eigenvalue weighted by Gasteiger charge is 2.08. The van der Waals surface area contributed by atoms with Gasteiger partial charge in [-0.1, -0.05) is 6.07 Å². The molecule has 0 amide bonds. The monoisotopic (exact) mass is 190 g/mol. The molecular formula is C9H11BN2O2. The first-order chi connectivity index (χ1) is 6.80. The van der Waals surface area contributed by atoms with Crippen molar-refractivity contribution in [3.63, 3.8) is 0 Å². The fourth-order valence-electron chi connectivity index (χ4n) is 0.806. The molecule has 2 heterocycles. The fourth-order valence-corrected chi connectivity index (χ4v) is 0.806. The van der Waals surface area contributed by atoms with Crippen LogP contribution in [-0.2, 0) is 0 Å². The van der Waals surface area contributed by atoms with Crippen LogP contribution in [0, 0.1) is 0 Å². The molecule has 72 valence electrons. The van der Waals surface area contributed by atoms with Crippen molar-refractivity contribution in [3.8, 4) is 0 Å². The van der Waals surface area contributed by atoms with Crippen molar-refractivity contribution < 1.29 is 10.0 Å². The van der Waals surface area contributed by atoms with Gasteiger partial charge in [-0.25, -0.2) is 0 Å². The number of aromatic amines is 1. The van der Waals surface area contributed by atoms with Gasteiger partial charge in [-0.05, 0) is 18.2 Å². The molecular weight excluding hydrogens is 179 g/mol. The van der Waals surface area contributed by atoms with Gasteiger partial charge >= 0.3 is 7.12 Å². The van der Waals surface area contributed by atoms with Gasteiger partial charge < -0.3 is 15.0 Å². The molecule has 0 saturated heterocycles. The maximum atomic E-state index is 8.54. The lowest BCUT2D eigenvalue weighted by molar-refractivity contribution is 0.425. The van der Waals surface area contributed by atoms with E-state index in [9.17, 15) is 0 Å². The third-order valence-corrected chi connectivity index (χ3v) is 1.48. The molecule has 5 heteroatoms. The lowest BCUT2D eigenvalue weighted by Gasteiger charge is -1.93. The van der Waals surface area contributed by atoms with Gasteiger partial charge in [0.1, 0.15) is 0 Å². The standard InChI is InChI=1S/C5H6BNO2.C4H5N/c8-6(9)5-2-1-3-7-4-5;1-2-4-5-3-1/h1-4,8-9H;1-5H. The van der Waals surface area contributed by atoms with Crippen molar-refractivity contribution in [2.75, 3.05) is 0 Å². The number of aromatic nitrogens is 2. The predicted molar refractivity (Wildman–Crippen MR) is 54.9 cm³/mol. The van der Waals surface area contributed by atoms with Crippen molar-refractivity contribution >= 4 is 12.6 Å². The maximum absolute atomic E-state index is 8.54. The van der Waals surface area contributed by atoms with Crippen LogP contribution in [0.25, 0.3) is 0 Å². The highest BCUT2D eigenvalue weighted by Crippen LogP contribution is 1.77. The minimum absolute atomic E-state index is 0.414. The van der Waals surface area contributed by atoms with Gasteiger partial charge in [-0.3, -0.25) is 4.98 Å². The Morgan fingerprint density at radius 1 is 1.14 bits per heavy atom. The first-order valence-corrected chi connectivity index (χ1v) is 4.14. The van der Waals surface area contributed by atoms with Crippen LogP contribution in [0.1, 0.15) is 0 Å². The van der Waals surface area contributed by atoms with E-state index in [0.29, 0.717) is 5.46 Å². The number of nitrogens with zero attached hydrogens (tertiary/aromatic N) is 1. The summed E-state index contributed by atoms with van der Waals surface area (Å²) in [6, 6.07) is 7.13. The van der Waals surface area contributed by atoms with E-state index in [1.165, 1.54) is 6.20 Å². The van der Waals surface area contributed by atoms with E-state index in [2.05, 4.69) is 9.97 Å². The van der Waals surface area contributed by atoms with Crippen LogP contribution in [-0.4, -0.2) is 27.1 Å². The van der Waals surface area contributed by atoms with E-state index in [-0.39, 0.29) is 0 Å². The van der Waals surface area contributed by atoms with Gasteiger partial charge in [0.15, 0.2) is 0 Å². The summed E-state index contributed by atoms with van der Waals surface area (Å²) in [4.78, 5) is 6.55. The van der Waals surface area contributed by atoms with Gasteiger partial charge in [0, 0.05) is 30.3 Å². The van der Waals surface area contributed by atoms with Gasteiger partial charge in [0.2, 0.25) is 0 Å². The smallest absolute Gasteiger partial charge is 0.423 e. The normalized spacial score (nSPS) is 8.71. The zero-order chi connectivity index (χ0) is 10.2. The van der Waals surface area contributed by atoms with Gasteiger partial charge in [-0.15, -0.1) is 0 Å². The Kier molecular flexibility index (Phi) is 4.47. The Labute approximate surface area is 82.4 Å². The van der Waals surface area contributed by atoms with E-state index in [0.717, 1.165) is 0 Å². The first-order valence-electron chi connectivity index (χ1n) is 4.14. The lowest BCUT2D eigenvalue weighted by Crippen LogP contribution is -2.29. The minimum atomic E-state index is -1.40. The van der Waals surface area contributed by atoms with Crippen molar-refractivity contribution in [2.24, 2.45) is 0 Å². The molecule has 0 aromatic carbocycles. The summed E-state index contributed by atoms with van der Waals surface area (Å²) in [5, 5.41) is 17.1. The molecule has 0 unspecified atom stereocenters. The Morgan fingerprint density at radius 2 is 1.86 bits per heavy atom. The molecule has 2 aromatic rings. The summed E-state index contributed by atoms with van der Waals surface area (Å²) in [7, 11) is -1.40. The summed E-state index contributed by atoms with van der Waals surface area (Å²) in [5.74, 6) is 0. The SMILES string of the molecule is OB(O)c1cccnc1.c1cc[nH]c1. The molecule has 0 aliphatic heterocycles. The Morgan fingerprint density at radius 3 is 2.14 bits per heavy atom. The molecule has 4 nitrogen and oxygen atoms in total. The van der Waals surface area contributed by atoms with E-state index in [4.69, 9.17) is 10.0 Å². The van der Waals surface area contributed by atoms with E-state index < -0.39 is 7.12 Å². The van der Waals surface area contributed by atoms with Gasteiger partial charge in [0.25, 0.3) is 0 Å². The highest BCUT2D eigenvalue weighted by atomic mass is 16.4. The number of hydrogen-bond acceptors (Lipinski definition) is 3. The molecule has 0 radical (unpaired) electrons. The third-order valence-electron chi connectivity index (χ3n) is 1.48. The van der Waals surface area contributed by atoms with Crippen LogP contribution in [0.2, 0.25) is 0 Å². The van der Waals surface area contributed by atoms with Crippen molar-refractivity contribution in [2.45, 2.75) is 0 Å². The molecule has 0 aliphatic carbocycles. The second kappa shape index (κ2) is 5.96. The average molecular weight is 190 g/mol. The molecule has 0 saturated carbocycles. The molecule has 0 spiro atoms. The minimum Gasteiger partial charge on any atom is -0.423 e. The van der Waals surface area contributed by atoms with E-state index in [1.807, 2.05) is 24.5 Å². The number of H-pyrrole nitrogens is 1. The summed E-state index contributed by atoms with van der Waals surface area (Å²) < 4.78 is 0. The van der Waals surface area contributed by atoms with Crippen LogP contribution in [0.3, 0.4) is 0 Å². The number of rotatable bonds is 1. The second-order valence-electron chi connectivity index (χ2n) is 2.54. The maximum Gasteiger partial charge on any atom is 0.490 e. The molecule has 0 aliphatic rings. The molecule has 3 N–H and O–H groups in total. The third kappa shape index (κ3) is 3.89. The number of pyridine rings is 1. The summed E-state index contributed by atoms with van der Waals surface area (Å²) in [5.41, 5.74) is 0.414. The molecule has 2 rings (SSSR count). The Balaban J connectivity index is 0.000000165. The van der Waals surface area contributed by atoms with Gasteiger partial charge in [-0.2, -0.15) is 0 Å². The van der Waals surface area contributed by atoms with Crippen molar-refractivity contribution in [1.29, 1.82) is 0 Å². The van der Waals surface area contributed by atoms with Crippen LogP contribution in [0.4, 0.5) is 0 Å². The van der Waals surface area contributed by atoms with Crippen LogP contribution in [0.15, 0.2) is 49.1 Å². The molecule has 14 heavy (non-hydrogen) atoms. The summed E-state index contributed by atoms with van der Waals surface area (Å²) >= 11 is 0. The fraction of sp³-hybridized carbons (Fsp3) is 0. The summed E-state index contributed by atoms with van der Waals surface area (Å²) in [6.07, 6.45) is 6.73. The van der Waals surface area contributed by atoms with E-state index in [1.54, 1.807) is 18.3 Å². The number of nitrogens with one attached hydrogen (secondary N) is 1. The summed E-state index contributed by atoms with van der Waals surface area (Å²) in [6.45, 7) is 0. The zero-order valence-corrected chi connectivity index (χ0v) is 7.54. The molecule has 2 aromatic heterocycles. The second-order valence-corrected chi connectivity index (χ2v) is 2.54. The van der Waals surface area contributed by atoms with Crippen molar-refractivity contribution in [1.82, 2.24) is 9.97 Å². The first kappa shape index (κ1) is 10.5. The largest absolute Gasteiger partial charge is 0.490 e. The van der Waals surface area contributed by atoms with Crippen LogP contribution < -0.4 is 5.46 Å². The van der Waals surface area contributed by atoms with E-state index >= 15 is 0 Å². The predicted octanol–water partition coefficient (Wildman–Crippen LogP) is -0.224. The number of hydrogen-bond donors (Lipinski definition) is 3. The van der Waals surface area contributed by atoms with Gasteiger partial charge in [0.05, 0.1) is 0 Å². The van der Waals surface area contributed by atoms with Crippen molar-refractivity contribution in [3.05, 3.63) is 49.1 Å². The topological polar surface area (TPSA) is 69.1 Å². The Hall–Kier alpha value is -1.59. The Bertz CT molecular complexity index is 307. The molecule has 0 fully saturated rings. The van der Waals surface area contributed by atoms with Crippen LogP contribution in [0.5, 0.6) is 0 Å². The lowest BCUT2D eigenvalue weighted by atomic mass is 9.82. The van der Waals surface area contributed by atoms with Crippen LogP contribution >= 0.6 is 0 Å². The molecule has 0 bridgehead atoms. The quantitative estimate of drug-likeness (QED) is 0.544. The average Bonchev–Trinajstić information content (AvgIpc) is 2.77. The zero-order valence-electron chi connectivity index (χ0n) is 7.54. The molecule has 0 atom stereocenters.